The Hall–Kier alpha value is -2.12. The van der Waals surface area contributed by atoms with Crippen LogP contribution in [0.15, 0.2) is 24.4 Å². The van der Waals surface area contributed by atoms with Crippen molar-refractivity contribution < 1.29 is 4.79 Å². The van der Waals surface area contributed by atoms with Gasteiger partial charge in [-0.2, -0.15) is 5.26 Å². The number of nitriles is 1. The van der Waals surface area contributed by atoms with Gasteiger partial charge in [0.2, 0.25) is 0 Å². The van der Waals surface area contributed by atoms with Crippen molar-refractivity contribution in [3.05, 3.63) is 35.0 Å². The normalized spacial score (nSPS) is 21.6. The molecule has 1 saturated heterocycles. The minimum Gasteiger partial charge on any atom is -0.370 e. The number of hydrogen-bond acceptors (Lipinski definition) is 4. The van der Waals surface area contributed by atoms with Crippen molar-refractivity contribution in [2.24, 2.45) is 11.8 Å². The fourth-order valence-electron chi connectivity index (χ4n) is 3.14. The van der Waals surface area contributed by atoms with Gasteiger partial charge in [0, 0.05) is 35.6 Å². The molecule has 5 heteroatoms. The van der Waals surface area contributed by atoms with E-state index in [9.17, 15) is 10.1 Å². The van der Waals surface area contributed by atoms with Crippen LogP contribution in [0.1, 0.15) is 18.9 Å². The molecule has 2 aromatic rings. The second kappa shape index (κ2) is 5.94. The molecule has 0 spiro atoms. The Kier molecular flexibility index (Phi) is 4.00. The number of halogens is 1. The van der Waals surface area contributed by atoms with Crippen molar-refractivity contribution in [3.8, 4) is 6.07 Å². The van der Waals surface area contributed by atoms with Gasteiger partial charge in [0.05, 0.1) is 16.8 Å². The second-order valence-electron chi connectivity index (χ2n) is 5.81. The van der Waals surface area contributed by atoms with Gasteiger partial charge in [0.25, 0.3) is 0 Å². The second-order valence-corrected chi connectivity index (χ2v) is 6.24. The number of nitrogens with zero attached hydrogens (tertiary/aromatic N) is 3. The minimum absolute atomic E-state index is 0.101. The molecule has 0 saturated carbocycles. The first-order chi connectivity index (χ1) is 10.6. The predicted octanol–water partition coefficient (Wildman–Crippen LogP) is 3.42. The van der Waals surface area contributed by atoms with Crippen molar-refractivity contribution in [2.75, 3.05) is 18.0 Å². The first kappa shape index (κ1) is 14.8. The van der Waals surface area contributed by atoms with Gasteiger partial charge >= 0.3 is 0 Å². The highest BCUT2D eigenvalue weighted by Crippen LogP contribution is 2.34. The maximum atomic E-state index is 11.1. The monoisotopic (exact) mass is 313 g/mol. The van der Waals surface area contributed by atoms with Crippen LogP contribution in [-0.2, 0) is 4.79 Å². The van der Waals surface area contributed by atoms with Crippen molar-refractivity contribution in [1.29, 1.82) is 5.26 Å². The van der Waals surface area contributed by atoms with E-state index in [1.165, 1.54) is 0 Å². The van der Waals surface area contributed by atoms with Crippen LogP contribution in [0.3, 0.4) is 0 Å². The van der Waals surface area contributed by atoms with Crippen molar-refractivity contribution in [2.45, 2.75) is 13.3 Å². The summed E-state index contributed by atoms with van der Waals surface area (Å²) in [4.78, 5) is 17.6. The van der Waals surface area contributed by atoms with E-state index in [1.807, 2.05) is 18.2 Å². The average Bonchev–Trinajstić information content (AvgIpc) is 2.53. The lowest BCUT2D eigenvalue weighted by atomic mass is 9.87. The van der Waals surface area contributed by atoms with E-state index in [2.05, 4.69) is 22.9 Å². The van der Waals surface area contributed by atoms with Gasteiger partial charge in [-0.05, 0) is 30.5 Å². The van der Waals surface area contributed by atoms with Crippen molar-refractivity contribution in [1.82, 2.24) is 4.98 Å². The molecule has 112 valence electrons. The third-order valence-corrected chi connectivity index (χ3v) is 4.62. The van der Waals surface area contributed by atoms with Crippen LogP contribution < -0.4 is 4.90 Å². The van der Waals surface area contributed by atoms with Crippen LogP contribution in [0.5, 0.6) is 0 Å². The van der Waals surface area contributed by atoms with Crippen LogP contribution in [0, 0.1) is 23.2 Å². The molecule has 0 aliphatic carbocycles. The molecule has 0 bridgehead atoms. The molecule has 22 heavy (non-hydrogen) atoms. The Morgan fingerprint density at radius 2 is 2.32 bits per heavy atom. The molecule has 2 atom stereocenters. The van der Waals surface area contributed by atoms with Crippen LogP contribution >= 0.6 is 11.6 Å². The van der Waals surface area contributed by atoms with E-state index in [0.717, 1.165) is 42.4 Å². The smallest absolute Gasteiger partial charge is 0.123 e. The highest BCUT2D eigenvalue weighted by molar-refractivity contribution is 6.31. The molecule has 1 aliphatic heterocycles. The first-order valence-electron chi connectivity index (χ1n) is 7.32. The molecule has 0 radical (unpaired) electrons. The molecule has 2 unspecified atom stereocenters. The van der Waals surface area contributed by atoms with Crippen molar-refractivity contribution in [3.63, 3.8) is 0 Å². The lowest BCUT2D eigenvalue weighted by Gasteiger charge is -2.37. The highest BCUT2D eigenvalue weighted by atomic mass is 35.5. The Morgan fingerprint density at radius 3 is 3.00 bits per heavy atom. The lowest BCUT2D eigenvalue weighted by molar-refractivity contribution is -0.112. The number of carbonyl (C=O) groups excluding carboxylic acids is 1. The molecule has 4 nitrogen and oxygen atoms in total. The molecular formula is C17H16ClN3O. The van der Waals surface area contributed by atoms with E-state index in [-0.39, 0.29) is 11.8 Å². The summed E-state index contributed by atoms with van der Waals surface area (Å²) in [5, 5.41) is 11.0. The average molecular weight is 314 g/mol. The van der Waals surface area contributed by atoms with Gasteiger partial charge in [-0.25, -0.2) is 0 Å². The first-order valence-corrected chi connectivity index (χ1v) is 7.70. The molecule has 1 aliphatic rings. The Balaban J connectivity index is 2.09. The quantitative estimate of drug-likeness (QED) is 0.797. The SMILES string of the molecule is CC1CN(c2c(C#N)cnc3cc(Cl)ccc23)CCC1C=O. The number of fused-ring (bicyclic) bond motifs is 1. The third-order valence-electron chi connectivity index (χ3n) is 4.39. The van der Waals surface area contributed by atoms with Gasteiger partial charge in [0.1, 0.15) is 12.4 Å². The number of hydrogen-bond donors (Lipinski definition) is 0. The molecule has 1 fully saturated rings. The van der Waals surface area contributed by atoms with Gasteiger partial charge in [0.15, 0.2) is 0 Å². The molecule has 3 rings (SSSR count). The molecule has 0 amide bonds. The van der Waals surface area contributed by atoms with E-state index < -0.39 is 0 Å². The molecule has 1 aromatic carbocycles. The number of aldehydes is 1. The zero-order chi connectivity index (χ0) is 15.7. The molecule has 2 heterocycles. The zero-order valence-electron chi connectivity index (χ0n) is 12.3. The van der Waals surface area contributed by atoms with Gasteiger partial charge in [-0.1, -0.05) is 18.5 Å². The minimum atomic E-state index is 0.101. The largest absolute Gasteiger partial charge is 0.370 e. The maximum absolute atomic E-state index is 11.1. The van der Waals surface area contributed by atoms with Crippen molar-refractivity contribution >= 4 is 34.5 Å². The topological polar surface area (TPSA) is 57.0 Å². The van der Waals surface area contributed by atoms with E-state index in [4.69, 9.17) is 11.6 Å². The number of aromatic nitrogens is 1. The summed E-state index contributed by atoms with van der Waals surface area (Å²) < 4.78 is 0. The number of benzene rings is 1. The predicted molar refractivity (Wildman–Crippen MR) is 87.0 cm³/mol. The molecule has 1 aromatic heterocycles. The third kappa shape index (κ3) is 2.53. The molecular weight excluding hydrogens is 298 g/mol. The van der Waals surface area contributed by atoms with Crippen LogP contribution in [0.4, 0.5) is 5.69 Å². The lowest BCUT2D eigenvalue weighted by Crippen LogP contribution is -2.40. The fourth-order valence-corrected chi connectivity index (χ4v) is 3.31. The van der Waals surface area contributed by atoms with Gasteiger partial charge < -0.3 is 9.69 Å². The number of carbonyl (C=O) groups is 1. The van der Waals surface area contributed by atoms with Crippen LogP contribution in [0.2, 0.25) is 5.02 Å². The standard InChI is InChI=1S/C17H16ClN3O/c1-11-9-21(5-4-12(11)10-22)17-13(7-19)8-20-16-6-14(18)2-3-15(16)17/h2-3,6,8,10-12H,4-5,9H2,1H3. The number of pyridine rings is 1. The van der Waals surface area contributed by atoms with Gasteiger partial charge in [-0.3, -0.25) is 4.98 Å². The van der Waals surface area contributed by atoms with E-state index in [1.54, 1.807) is 6.20 Å². The number of piperidine rings is 1. The summed E-state index contributed by atoms with van der Waals surface area (Å²) in [6, 6.07) is 7.77. The van der Waals surface area contributed by atoms with Crippen LogP contribution in [-0.4, -0.2) is 24.4 Å². The van der Waals surface area contributed by atoms with E-state index in [0.29, 0.717) is 10.6 Å². The highest BCUT2D eigenvalue weighted by Gasteiger charge is 2.28. The number of anilines is 1. The summed E-state index contributed by atoms with van der Waals surface area (Å²) in [6.07, 6.45) is 3.47. The maximum Gasteiger partial charge on any atom is 0.123 e. The van der Waals surface area contributed by atoms with E-state index >= 15 is 0 Å². The Labute approximate surface area is 134 Å². The molecule has 0 N–H and O–H groups in total. The Bertz CT molecular complexity index is 768. The zero-order valence-corrected chi connectivity index (χ0v) is 13.0. The van der Waals surface area contributed by atoms with Gasteiger partial charge in [-0.15, -0.1) is 0 Å². The Morgan fingerprint density at radius 1 is 1.50 bits per heavy atom. The summed E-state index contributed by atoms with van der Waals surface area (Å²) in [7, 11) is 0. The summed E-state index contributed by atoms with van der Waals surface area (Å²) in [5.41, 5.74) is 2.25. The summed E-state index contributed by atoms with van der Waals surface area (Å²) in [6.45, 7) is 3.61. The fraction of sp³-hybridized carbons (Fsp3) is 0.353. The van der Waals surface area contributed by atoms with Crippen LogP contribution in [0.25, 0.3) is 10.9 Å². The number of rotatable bonds is 2. The summed E-state index contributed by atoms with van der Waals surface area (Å²) >= 11 is 6.03. The summed E-state index contributed by atoms with van der Waals surface area (Å²) in [5.74, 6) is 0.373.